The molecule has 0 aliphatic carbocycles. The fraction of sp³-hybridized carbons (Fsp3) is 0.591. The van der Waals surface area contributed by atoms with Gasteiger partial charge in [-0.1, -0.05) is 13.3 Å². The van der Waals surface area contributed by atoms with Gasteiger partial charge in [0.25, 0.3) is 0 Å². The van der Waals surface area contributed by atoms with Crippen LogP contribution in [0.5, 0.6) is 0 Å². The van der Waals surface area contributed by atoms with Gasteiger partial charge in [-0.3, -0.25) is 0 Å². The summed E-state index contributed by atoms with van der Waals surface area (Å²) in [6.07, 6.45) is 8.51. The molecular weight excluding hydrogens is 368 g/mol. The molecule has 1 fully saturated rings. The molecule has 0 atom stereocenters. The minimum Gasteiger partial charge on any atom is -0.370 e. The Hall–Kier alpha value is -1.79. The molecule has 0 N–H and O–H groups in total. The van der Waals surface area contributed by atoms with Crippen LogP contribution in [-0.4, -0.2) is 33.6 Å². The Kier molecular flexibility index (Phi) is 4.51. The topological polar surface area (TPSA) is 51.1 Å². The van der Waals surface area contributed by atoms with Gasteiger partial charge >= 0.3 is 0 Å². The van der Waals surface area contributed by atoms with Crippen LogP contribution in [0.4, 0.5) is 5.82 Å². The molecule has 0 radical (unpaired) electrons. The van der Waals surface area contributed by atoms with Crippen molar-refractivity contribution in [1.82, 2.24) is 15.0 Å². The lowest BCUT2D eigenvalue weighted by Gasteiger charge is -2.33. The average molecular weight is 397 g/mol. The van der Waals surface area contributed by atoms with E-state index < -0.39 is 0 Å². The van der Waals surface area contributed by atoms with E-state index in [0.717, 1.165) is 48.5 Å². The molecule has 0 saturated carbocycles. The van der Waals surface area contributed by atoms with Crippen molar-refractivity contribution in [3.05, 3.63) is 23.1 Å². The molecule has 0 aromatic carbocycles. The molecule has 5 heterocycles. The summed E-state index contributed by atoms with van der Waals surface area (Å²) >= 11 is 1.78. The summed E-state index contributed by atoms with van der Waals surface area (Å²) in [5.74, 6) is 1.10. The van der Waals surface area contributed by atoms with Crippen LogP contribution in [-0.2, 0) is 24.2 Å². The molecule has 6 heteroatoms. The predicted octanol–water partition coefficient (Wildman–Crippen LogP) is 5.03. The molecule has 0 bridgehead atoms. The van der Waals surface area contributed by atoms with Gasteiger partial charge in [0.15, 0.2) is 0 Å². The lowest BCUT2D eigenvalue weighted by molar-refractivity contribution is -0.0401. The summed E-state index contributed by atoms with van der Waals surface area (Å²) in [6, 6.07) is 0. The second-order valence-electron chi connectivity index (χ2n) is 8.70. The van der Waals surface area contributed by atoms with Crippen LogP contribution in [0.2, 0.25) is 0 Å². The Bertz CT molecular complexity index is 1040. The number of rotatable bonds is 4. The molecule has 0 unspecified atom stereocenters. The number of pyridine rings is 1. The number of nitrogens with zero attached hydrogens (tertiary/aromatic N) is 4. The van der Waals surface area contributed by atoms with E-state index >= 15 is 0 Å². The molecule has 0 amide bonds. The summed E-state index contributed by atoms with van der Waals surface area (Å²) in [6.45, 7) is 9.46. The normalized spacial score (nSPS) is 18.9. The van der Waals surface area contributed by atoms with Crippen LogP contribution in [0.1, 0.15) is 63.3 Å². The maximum atomic E-state index is 6.18. The second kappa shape index (κ2) is 6.92. The third-order valence-electron chi connectivity index (χ3n) is 6.07. The quantitative estimate of drug-likeness (QED) is 0.619. The Morgan fingerprint density at radius 1 is 1.18 bits per heavy atom. The summed E-state index contributed by atoms with van der Waals surface area (Å²) in [4.78, 5) is 18.1. The zero-order valence-electron chi connectivity index (χ0n) is 17.0. The molecule has 28 heavy (non-hydrogen) atoms. The lowest BCUT2D eigenvalue weighted by atomic mass is 9.88. The van der Waals surface area contributed by atoms with Gasteiger partial charge in [0.1, 0.15) is 17.0 Å². The highest BCUT2D eigenvalue weighted by Gasteiger charge is 2.32. The van der Waals surface area contributed by atoms with Crippen molar-refractivity contribution in [2.45, 2.75) is 71.5 Å². The average Bonchev–Trinajstić information content (AvgIpc) is 3.32. The van der Waals surface area contributed by atoms with E-state index in [1.165, 1.54) is 46.2 Å². The first kappa shape index (κ1) is 18.3. The van der Waals surface area contributed by atoms with Crippen molar-refractivity contribution < 1.29 is 4.74 Å². The number of aryl methyl sites for hydroxylation is 1. The van der Waals surface area contributed by atoms with Gasteiger partial charge in [0.2, 0.25) is 0 Å². The minimum absolute atomic E-state index is 0.150. The summed E-state index contributed by atoms with van der Waals surface area (Å²) in [5, 5.41) is 1.24. The van der Waals surface area contributed by atoms with Crippen molar-refractivity contribution in [2.75, 3.05) is 18.0 Å². The summed E-state index contributed by atoms with van der Waals surface area (Å²) < 4.78 is 7.38. The summed E-state index contributed by atoms with van der Waals surface area (Å²) in [5.41, 5.74) is 4.87. The molecule has 2 aliphatic heterocycles. The van der Waals surface area contributed by atoms with E-state index in [2.05, 4.69) is 30.7 Å². The minimum atomic E-state index is -0.150. The Morgan fingerprint density at radius 3 is 2.79 bits per heavy atom. The van der Waals surface area contributed by atoms with Crippen LogP contribution in [0.15, 0.2) is 6.33 Å². The Labute approximate surface area is 170 Å². The number of unbranched alkanes of at least 4 members (excludes halogenated alkanes) is 1. The van der Waals surface area contributed by atoms with Crippen molar-refractivity contribution in [2.24, 2.45) is 0 Å². The third kappa shape index (κ3) is 2.98. The molecule has 1 saturated heterocycles. The highest BCUT2D eigenvalue weighted by molar-refractivity contribution is 7.26. The maximum absolute atomic E-state index is 6.18. The van der Waals surface area contributed by atoms with Gasteiger partial charge in [-0.05, 0) is 45.1 Å². The molecule has 3 aromatic heterocycles. The maximum Gasteiger partial charge on any atom is 0.150 e. The van der Waals surface area contributed by atoms with Gasteiger partial charge in [-0.15, -0.1) is 11.3 Å². The number of hydrogen-bond donors (Lipinski definition) is 0. The largest absolute Gasteiger partial charge is 0.370 e. The molecule has 5 rings (SSSR count). The van der Waals surface area contributed by atoms with Crippen LogP contribution >= 0.6 is 11.3 Å². The number of ether oxygens (including phenoxy) is 1. The lowest BCUT2D eigenvalue weighted by Crippen LogP contribution is -2.32. The number of aromatic nitrogens is 3. The molecule has 3 aromatic rings. The van der Waals surface area contributed by atoms with E-state index in [1.807, 2.05) is 0 Å². The van der Waals surface area contributed by atoms with Crippen LogP contribution in [0, 0.1) is 0 Å². The third-order valence-corrected chi connectivity index (χ3v) is 7.14. The first-order valence-electron chi connectivity index (χ1n) is 10.5. The van der Waals surface area contributed by atoms with Crippen molar-refractivity contribution in [3.63, 3.8) is 0 Å². The first-order valence-corrected chi connectivity index (χ1v) is 11.4. The standard InChI is InChI=1S/C22H28N4OS/c1-4-5-8-16-15-12-27-22(2,3)11-14(15)17-18-19(28-21(17)25-16)20(24-13-23-18)26-9-6-7-10-26/h13H,4-12H2,1-3H3. The fourth-order valence-corrected chi connectivity index (χ4v) is 5.76. The fourth-order valence-electron chi connectivity index (χ4n) is 4.57. The van der Waals surface area contributed by atoms with Crippen LogP contribution in [0.3, 0.4) is 0 Å². The molecule has 0 spiro atoms. The Morgan fingerprint density at radius 2 is 2.00 bits per heavy atom. The van der Waals surface area contributed by atoms with E-state index in [0.29, 0.717) is 6.61 Å². The van der Waals surface area contributed by atoms with Crippen molar-refractivity contribution in [3.8, 4) is 0 Å². The van der Waals surface area contributed by atoms with Gasteiger partial charge in [-0.25, -0.2) is 15.0 Å². The summed E-state index contributed by atoms with van der Waals surface area (Å²) in [7, 11) is 0. The van der Waals surface area contributed by atoms with E-state index in [1.54, 1.807) is 17.7 Å². The van der Waals surface area contributed by atoms with Gasteiger partial charge in [-0.2, -0.15) is 0 Å². The first-order chi connectivity index (χ1) is 13.6. The highest BCUT2D eigenvalue weighted by atomic mass is 32.1. The SMILES string of the molecule is CCCCc1nc2sc3c(N4CCCC4)ncnc3c2c2c1COC(C)(C)C2. The zero-order valence-corrected chi connectivity index (χ0v) is 17.9. The smallest absolute Gasteiger partial charge is 0.150 e. The van der Waals surface area contributed by atoms with E-state index in [4.69, 9.17) is 14.7 Å². The van der Waals surface area contributed by atoms with Gasteiger partial charge < -0.3 is 9.64 Å². The molecular formula is C22H28N4OS. The van der Waals surface area contributed by atoms with Gasteiger partial charge in [0.05, 0.1) is 22.4 Å². The van der Waals surface area contributed by atoms with Crippen LogP contribution < -0.4 is 4.90 Å². The van der Waals surface area contributed by atoms with Crippen LogP contribution in [0.25, 0.3) is 20.4 Å². The second-order valence-corrected chi connectivity index (χ2v) is 9.69. The molecule has 2 aliphatic rings. The van der Waals surface area contributed by atoms with E-state index in [-0.39, 0.29) is 5.60 Å². The number of anilines is 1. The Balaban J connectivity index is 1.76. The van der Waals surface area contributed by atoms with Crippen molar-refractivity contribution in [1.29, 1.82) is 0 Å². The number of hydrogen-bond acceptors (Lipinski definition) is 6. The van der Waals surface area contributed by atoms with E-state index in [9.17, 15) is 0 Å². The predicted molar refractivity (Wildman–Crippen MR) is 115 cm³/mol. The number of thiophene rings is 1. The zero-order chi connectivity index (χ0) is 19.3. The van der Waals surface area contributed by atoms with Gasteiger partial charge in [0, 0.05) is 36.2 Å². The molecule has 5 nitrogen and oxygen atoms in total. The molecule has 148 valence electrons. The monoisotopic (exact) mass is 396 g/mol. The van der Waals surface area contributed by atoms with Crippen molar-refractivity contribution >= 4 is 37.6 Å². The highest BCUT2D eigenvalue weighted by Crippen LogP contribution is 2.43. The number of fused-ring (bicyclic) bond motifs is 5.